The van der Waals surface area contributed by atoms with Gasteiger partial charge in [0, 0.05) is 35.4 Å². The highest BCUT2D eigenvalue weighted by atomic mass is 16.6. The van der Waals surface area contributed by atoms with Crippen molar-refractivity contribution in [2.24, 2.45) is 5.41 Å². The van der Waals surface area contributed by atoms with Gasteiger partial charge < -0.3 is 5.32 Å². The Morgan fingerprint density at radius 2 is 1.78 bits per heavy atom. The number of para-hydroxylation sites is 1. The average molecular weight is 425 g/mol. The van der Waals surface area contributed by atoms with Gasteiger partial charge in [-0.1, -0.05) is 68.5 Å². The van der Waals surface area contributed by atoms with Crippen molar-refractivity contribution in [1.82, 2.24) is 0 Å². The number of nitrogens with one attached hydrogen (secondary N) is 1. The van der Waals surface area contributed by atoms with Crippen molar-refractivity contribution in [3.63, 3.8) is 0 Å². The molecule has 1 heterocycles. The normalized spacial score (nSPS) is 19.6. The third-order valence-corrected chi connectivity index (χ3v) is 6.40. The molecular formula is C27H24N2O3. The molecule has 0 amide bonds. The summed E-state index contributed by atoms with van der Waals surface area (Å²) in [6.07, 6.45) is 5.02. The Kier molecular flexibility index (Phi) is 4.70. The summed E-state index contributed by atoms with van der Waals surface area (Å²) >= 11 is 0. The van der Waals surface area contributed by atoms with E-state index in [1.165, 1.54) is 6.07 Å². The summed E-state index contributed by atoms with van der Waals surface area (Å²) in [7, 11) is 0. The number of carbonyl (C=O) groups is 1. The second-order valence-electron chi connectivity index (χ2n) is 9.36. The number of carbonyl (C=O) groups excluding carboxylic acids is 1. The van der Waals surface area contributed by atoms with Crippen LogP contribution in [0, 0.1) is 15.5 Å². The van der Waals surface area contributed by atoms with Crippen LogP contribution in [0.25, 0.3) is 16.8 Å². The molecule has 1 unspecified atom stereocenters. The highest BCUT2D eigenvalue weighted by molar-refractivity contribution is 6.04. The number of nitro groups is 1. The van der Waals surface area contributed by atoms with Gasteiger partial charge in [-0.2, -0.15) is 0 Å². The summed E-state index contributed by atoms with van der Waals surface area (Å²) in [5.74, 6) is -0.129. The van der Waals surface area contributed by atoms with Crippen molar-refractivity contribution >= 4 is 34.0 Å². The van der Waals surface area contributed by atoms with Gasteiger partial charge in [-0.05, 0) is 40.3 Å². The topological polar surface area (TPSA) is 72.2 Å². The summed E-state index contributed by atoms with van der Waals surface area (Å²) in [5.41, 5.74) is 4.26. The van der Waals surface area contributed by atoms with Gasteiger partial charge in [0.15, 0.2) is 5.78 Å². The molecule has 1 atom stereocenters. The Labute approximate surface area is 186 Å². The molecule has 0 aromatic heterocycles. The number of rotatable bonds is 3. The third-order valence-electron chi connectivity index (χ3n) is 6.40. The SMILES string of the molecule is CC1(C)CC(=O)C2=C(C1)Nc1ccc3ccccc3c1C2/C=C/c1ccccc1[N+](=O)[O-]. The van der Waals surface area contributed by atoms with Crippen LogP contribution in [-0.4, -0.2) is 10.7 Å². The zero-order valence-corrected chi connectivity index (χ0v) is 18.1. The molecule has 1 aliphatic heterocycles. The zero-order valence-electron chi connectivity index (χ0n) is 18.1. The molecule has 0 saturated heterocycles. The average Bonchev–Trinajstić information content (AvgIpc) is 2.75. The first kappa shape index (κ1) is 20.2. The van der Waals surface area contributed by atoms with E-state index in [-0.39, 0.29) is 27.7 Å². The van der Waals surface area contributed by atoms with Gasteiger partial charge in [-0.15, -0.1) is 0 Å². The number of hydrogen-bond donors (Lipinski definition) is 1. The van der Waals surface area contributed by atoms with Crippen LogP contribution < -0.4 is 5.32 Å². The highest BCUT2D eigenvalue weighted by Gasteiger charge is 2.39. The van der Waals surface area contributed by atoms with Crippen molar-refractivity contribution in [1.29, 1.82) is 0 Å². The second kappa shape index (κ2) is 7.45. The number of nitro benzene ring substituents is 1. The van der Waals surface area contributed by atoms with Gasteiger partial charge >= 0.3 is 0 Å². The van der Waals surface area contributed by atoms with E-state index in [0.29, 0.717) is 12.0 Å². The zero-order chi connectivity index (χ0) is 22.5. The number of allylic oxidation sites excluding steroid dienone is 3. The van der Waals surface area contributed by atoms with Crippen molar-refractivity contribution in [3.05, 3.63) is 99.3 Å². The molecule has 0 bridgehead atoms. The maximum absolute atomic E-state index is 13.3. The monoisotopic (exact) mass is 424 g/mol. The van der Waals surface area contributed by atoms with Crippen LogP contribution in [0.5, 0.6) is 0 Å². The minimum Gasteiger partial charge on any atom is -0.358 e. The lowest BCUT2D eigenvalue weighted by atomic mass is 9.69. The molecule has 2 aliphatic rings. The third kappa shape index (κ3) is 3.40. The van der Waals surface area contributed by atoms with E-state index < -0.39 is 0 Å². The molecule has 0 radical (unpaired) electrons. The lowest BCUT2D eigenvalue weighted by Crippen LogP contribution is -2.33. The number of benzene rings is 3. The number of nitrogens with zero attached hydrogens (tertiary/aromatic N) is 1. The van der Waals surface area contributed by atoms with Crippen LogP contribution in [0.15, 0.2) is 78.0 Å². The van der Waals surface area contributed by atoms with Crippen LogP contribution in [0.3, 0.4) is 0 Å². The standard InChI is InChI=1S/C27H24N2O3/c1-27(2)15-22-26(24(30)16-27)20(13-11-18-8-4-6-10-23(18)29(31)32)25-19-9-5-3-7-17(19)12-14-21(25)28-22/h3-14,20,28H,15-16H2,1-2H3/b13-11+. The van der Waals surface area contributed by atoms with Gasteiger partial charge in [0.25, 0.3) is 5.69 Å². The lowest BCUT2D eigenvalue weighted by Gasteiger charge is -2.39. The molecule has 1 N–H and O–H groups in total. The first-order valence-electron chi connectivity index (χ1n) is 10.8. The predicted molar refractivity (Wildman–Crippen MR) is 127 cm³/mol. The van der Waals surface area contributed by atoms with Crippen LogP contribution in [0.1, 0.15) is 43.7 Å². The highest BCUT2D eigenvalue weighted by Crippen LogP contribution is 2.49. The van der Waals surface area contributed by atoms with E-state index >= 15 is 0 Å². The fraction of sp³-hybridized carbons (Fsp3) is 0.222. The van der Waals surface area contributed by atoms with Gasteiger partial charge in [0.1, 0.15) is 0 Å². The van der Waals surface area contributed by atoms with E-state index in [2.05, 4.69) is 43.4 Å². The summed E-state index contributed by atoms with van der Waals surface area (Å²) in [6.45, 7) is 4.23. The van der Waals surface area contributed by atoms with Gasteiger partial charge in [0.2, 0.25) is 0 Å². The van der Waals surface area contributed by atoms with Crippen molar-refractivity contribution in [3.8, 4) is 0 Å². The fourth-order valence-corrected chi connectivity index (χ4v) is 5.04. The van der Waals surface area contributed by atoms with Gasteiger partial charge in [-0.25, -0.2) is 0 Å². The number of fused-ring (bicyclic) bond motifs is 3. The van der Waals surface area contributed by atoms with Gasteiger partial charge in [0.05, 0.1) is 10.5 Å². The molecule has 0 spiro atoms. The summed E-state index contributed by atoms with van der Waals surface area (Å²) in [6, 6.07) is 19.0. The smallest absolute Gasteiger partial charge is 0.276 e. The summed E-state index contributed by atoms with van der Waals surface area (Å²) in [4.78, 5) is 24.5. The molecule has 5 nitrogen and oxygen atoms in total. The van der Waals surface area contributed by atoms with Crippen LogP contribution in [0.4, 0.5) is 11.4 Å². The van der Waals surface area contributed by atoms with E-state index in [1.807, 2.05) is 18.2 Å². The molecule has 0 saturated carbocycles. The summed E-state index contributed by atoms with van der Waals surface area (Å²) in [5, 5.41) is 17.2. The molecule has 32 heavy (non-hydrogen) atoms. The van der Waals surface area contributed by atoms with E-state index in [1.54, 1.807) is 24.3 Å². The maximum atomic E-state index is 13.3. The van der Waals surface area contributed by atoms with Gasteiger partial charge in [-0.3, -0.25) is 14.9 Å². The first-order chi connectivity index (χ1) is 15.3. The maximum Gasteiger partial charge on any atom is 0.276 e. The Hall–Kier alpha value is -3.73. The molecule has 160 valence electrons. The van der Waals surface area contributed by atoms with Crippen molar-refractivity contribution in [2.75, 3.05) is 5.32 Å². The summed E-state index contributed by atoms with van der Waals surface area (Å²) < 4.78 is 0. The molecule has 0 fully saturated rings. The molecule has 3 aromatic rings. The number of anilines is 1. The van der Waals surface area contributed by atoms with Crippen LogP contribution in [0.2, 0.25) is 0 Å². The Balaban J connectivity index is 1.71. The second-order valence-corrected chi connectivity index (χ2v) is 9.36. The Bertz CT molecular complexity index is 1330. The van der Waals surface area contributed by atoms with E-state index in [9.17, 15) is 14.9 Å². The number of ketones is 1. The Morgan fingerprint density at radius 3 is 2.59 bits per heavy atom. The number of Topliss-reactive ketones (excluding diaryl/α,β-unsaturated/α-hetero) is 1. The fourth-order valence-electron chi connectivity index (χ4n) is 5.04. The van der Waals surface area contributed by atoms with Crippen LogP contribution >= 0.6 is 0 Å². The van der Waals surface area contributed by atoms with E-state index in [4.69, 9.17) is 0 Å². The molecular weight excluding hydrogens is 400 g/mol. The van der Waals surface area contributed by atoms with Crippen LogP contribution in [-0.2, 0) is 4.79 Å². The predicted octanol–water partition coefficient (Wildman–Crippen LogP) is 6.61. The molecule has 5 rings (SSSR count). The molecule has 1 aliphatic carbocycles. The Morgan fingerprint density at radius 1 is 1.03 bits per heavy atom. The van der Waals surface area contributed by atoms with Crippen molar-refractivity contribution in [2.45, 2.75) is 32.6 Å². The minimum absolute atomic E-state index is 0.0566. The van der Waals surface area contributed by atoms with Crippen molar-refractivity contribution < 1.29 is 9.72 Å². The lowest BCUT2D eigenvalue weighted by molar-refractivity contribution is -0.385. The molecule has 3 aromatic carbocycles. The first-order valence-corrected chi connectivity index (χ1v) is 10.8. The molecule has 5 heteroatoms. The quantitative estimate of drug-likeness (QED) is 0.379. The minimum atomic E-state index is -0.371. The van der Waals surface area contributed by atoms with E-state index in [0.717, 1.165) is 39.7 Å². The number of hydrogen-bond acceptors (Lipinski definition) is 4. The largest absolute Gasteiger partial charge is 0.358 e.